The van der Waals surface area contributed by atoms with E-state index in [0.29, 0.717) is 12.1 Å². The number of anilines is 2. The van der Waals surface area contributed by atoms with Crippen molar-refractivity contribution in [3.05, 3.63) is 47.7 Å². The lowest BCUT2D eigenvalue weighted by Crippen LogP contribution is -2.31. The van der Waals surface area contributed by atoms with E-state index in [9.17, 15) is 18.0 Å². The number of hydrogen-bond donors (Lipinski definition) is 4. The number of hydrogen-bond acceptors (Lipinski definition) is 7. The minimum Gasteiger partial charge on any atom is -0.483 e. The van der Waals surface area contributed by atoms with E-state index in [1.807, 2.05) is 6.92 Å². The van der Waals surface area contributed by atoms with Crippen LogP contribution in [0.5, 0.6) is 5.88 Å². The second kappa shape index (κ2) is 12.6. The average Bonchev–Trinajstić information content (AvgIpc) is 2.75. The average molecular weight is 470 g/mol. The molecule has 0 bridgehead atoms. The molecular formula is C20H21F3N4O6. The summed E-state index contributed by atoms with van der Waals surface area (Å²) in [5.74, 6) is -0.621. The zero-order valence-electron chi connectivity index (χ0n) is 17.5. The summed E-state index contributed by atoms with van der Waals surface area (Å²) in [6, 6.07) is 7.97. The second-order valence-electron chi connectivity index (χ2n) is 6.33. The van der Waals surface area contributed by atoms with E-state index in [1.165, 1.54) is 6.20 Å². The Bertz CT molecular complexity index is 975. The summed E-state index contributed by atoms with van der Waals surface area (Å²) in [4.78, 5) is 31.8. The monoisotopic (exact) mass is 470 g/mol. The molecule has 0 saturated carbocycles. The highest BCUT2D eigenvalue weighted by atomic mass is 19.4. The SMILES string of the molecule is COc1ncc(Nc2ccc(C3=NNC(=O)C[C@H]3C)cc2)cc1C(F)(F)F.O=CO.O=CO. The van der Waals surface area contributed by atoms with Gasteiger partial charge in [-0.05, 0) is 23.8 Å². The van der Waals surface area contributed by atoms with Crippen molar-refractivity contribution in [2.45, 2.75) is 19.5 Å². The number of carbonyl (C=O) groups excluding carboxylic acids is 1. The summed E-state index contributed by atoms with van der Waals surface area (Å²) >= 11 is 0. The lowest BCUT2D eigenvalue weighted by Gasteiger charge is -2.19. The van der Waals surface area contributed by atoms with Crippen LogP contribution < -0.4 is 15.5 Å². The van der Waals surface area contributed by atoms with Crippen LogP contribution in [0.3, 0.4) is 0 Å². The molecule has 1 aromatic heterocycles. The van der Waals surface area contributed by atoms with Crippen LogP contribution in [0.25, 0.3) is 0 Å². The maximum Gasteiger partial charge on any atom is 0.421 e. The number of ether oxygens (including phenoxy) is 1. The van der Waals surface area contributed by atoms with E-state index in [4.69, 9.17) is 19.8 Å². The second-order valence-corrected chi connectivity index (χ2v) is 6.33. The fourth-order valence-corrected chi connectivity index (χ4v) is 2.78. The summed E-state index contributed by atoms with van der Waals surface area (Å²) in [6.45, 7) is 1.41. The van der Waals surface area contributed by atoms with Gasteiger partial charge in [0.05, 0.1) is 24.7 Å². The number of rotatable bonds is 4. The molecule has 13 heteroatoms. The topological polar surface area (TPSA) is 150 Å². The van der Waals surface area contributed by atoms with Crippen LogP contribution in [-0.2, 0) is 20.6 Å². The summed E-state index contributed by atoms with van der Waals surface area (Å²) in [7, 11) is 1.14. The van der Waals surface area contributed by atoms with Gasteiger partial charge < -0.3 is 20.3 Å². The number of pyridine rings is 1. The minimum atomic E-state index is -4.57. The molecule has 33 heavy (non-hydrogen) atoms. The summed E-state index contributed by atoms with van der Waals surface area (Å²) in [5.41, 5.74) is 3.87. The molecule has 0 aliphatic carbocycles. The van der Waals surface area contributed by atoms with Gasteiger partial charge in [0.2, 0.25) is 11.8 Å². The quantitative estimate of drug-likeness (QED) is 0.498. The molecule has 0 saturated heterocycles. The number of carboxylic acid groups (broad SMARTS) is 2. The standard InChI is InChI=1S/C18H17F3N4O2.2CH2O2/c1-10-7-15(26)24-25-16(10)11-3-5-12(6-4-11)23-13-8-14(18(19,20)21)17(27-2)22-9-13;2*2-1-3/h3-6,8-10,23H,7H2,1-2H3,(H,24,26);2*1H,(H,2,3)/t10-;;/m1../s1. The highest BCUT2D eigenvalue weighted by Gasteiger charge is 2.35. The van der Waals surface area contributed by atoms with Gasteiger partial charge in [0.15, 0.2) is 0 Å². The number of nitrogens with zero attached hydrogens (tertiary/aromatic N) is 2. The first-order chi connectivity index (χ1) is 15.6. The molecular weight excluding hydrogens is 449 g/mol. The fraction of sp³-hybridized carbons (Fsp3) is 0.250. The molecule has 1 atom stereocenters. The Hall–Kier alpha value is -4.16. The van der Waals surface area contributed by atoms with E-state index >= 15 is 0 Å². The zero-order valence-corrected chi connectivity index (χ0v) is 17.5. The molecule has 1 aliphatic heterocycles. The molecule has 4 N–H and O–H groups in total. The highest BCUT2D eigenvalue weighted by Crippen LogP contribution is 2.36. The van der Waals surface area contributed by atoms with Gasteiger partial charge >= 0.3 is 6.18 Å². The Morgan fingerprint density at radius 3 is 2.21 bits per heavy atom. The van der Waals surface area contributed by atoms with Crippen molar-refractivity contribution in [1.29, 1.82) is 0 Å². The van der Waals surface area contributed by atoms with Gasteiger partial charge in [-0.25, -0.2) is 10.4 Å². The van der Waals surface area contributed by atoms with Crippen LogP contribution in [0, 0.1) is 5.92 Å². The first-order valence-electron chi connectivity index (χ1n) is 9.12. The van der Waals surface area contributed by atoms with Crippen LogP contribution in [0.1, 0.15) is 24.5 Å². The lowest BCUT2D eigenvalue weighted by molar-refractivity contribution is -0.139. The molecule has 0 spiro atoms. The molecule has 1 aromatic carbocycles. The number of benzene rings is 1. The molecule has 1 aliphatic rings. The number of carbonyl (C=O) groups is 3. The summed E-state index contributed by atoms with van der Waals surface area (Å²) < 4.78 is 43.9. The van der Waals surface area contributed by atoms with E-state index < -0.39 is 17.6 Å². The molecule has 1 amide bonds. The van der Waals surface area contributed by atoms with E-state index in [1.54, 1.807) is 24.3 Å². The number of alkyl halides is 3. The summed E-state index contributed by atoms with van der Waals surface area (Å²) in [6.07, 6.45) is -2.94. The predicted molar refractivity (Wildman–Crippen MR) is 111 cm³/mol. The summed E-state index contributed by atoms with van der Waals surface area (Å²) in [5, 5.41) is 20.7. The van der Waals surface area contributed by atoms with Crippen molar-refractivity contribution < 1.29 is 42.5 Å². The smallest absolute Gasteiger partial charge is 0.421 e. The van der Waals surface area contributed by atoms with Crippen LogP contribution in [0.2, 0.25) is 0 Å². The molecule has 0 unspecified atom stereocenters. The fourth-order valence-electron chi connectivity index (χ4n) is 2.78. The van der Waals surface area contributed by atoms with Crippen LogP contribution >= 0.6 is 0 Å². The number of nitrogens with one attached hydrogen (secondary N) is 2. The number of methoxy groups -OCH3 is 1. The molecule has 2 heterocycles. The largest absolute Gasteiger partial charge is 0.483 e. The maximum absolute atomic E-state index is 13.1. The third kappa shape index (κ3) is 8.12. The van der Waals surface area contributed by atoms with Crippen LogP contribution in [0.4, 0.5) is 24.5 Å². The lowest BCUT2D eigenvalue weighted by atomic mass is 9.94. The third-order valence-electron chi connectivity index (χ3n) is 4.08. The van der Waals surface area contributed by atoms with Gasteiger partial charge in [0.1, 0.15) is 5.56 Å². The number of aromatic nitrogens is 1. The van der Waals surface area contributed by atoms with Gasteiger partial charge in [-0.2, -0.15) is 18.3 Å². The number of amides is 1. The van der Waals surface area contributed by atoms with Gasteiger partial charge in [-0.15, -0.1) is 0 Å². The molecule has 0 fully saturated rings. The molecule has 2 aromatic rings. The van der Waals surface area contributed by atoms with Gasteiger partial charge in [-0.1, -0.05) is 19.1 Å². The van der Waals surface area contributed by atoms with Crippen molar-refractivity contribution in [2.75, 3.05) is 12.4 Å². The van der Waals surface area contributed by atoms with Crippen molar-refractivity contribution in [2.24, 2.45) is 11.0 Å². The normalized spacial score (nSPS) is 14.8. The molecule has 178 valence electrons. The number of halogens is 3. The van der Waals surface area contributed by atoms with E-state index in [-0.39, 0.29) is 30.5 Å². The Morgan fingerprint density at radius 2 is 1.73 bits per heavy atom. The van der Waals surface area contributed by atoms with Gasteiger partial charge in [0, 0.05) is 18.0 Å². The first-order valence-corrected chi connectivity index (χ1v) is 9.12. The Morgan fingerprint density at radius 1 is 1.15 bits per heavy atom. The van der Waals surface area contributed by atoms with Crippen molar-refractivity contribution in [3.63, 3.8) is 0 Å². The van der Waals surface area contributed by atoms with Crippen molar-refractivity contribution >= 4 is 35.9 Å². The molecule has 10 nitrogen and oxygen atoms in total. The Labute approximate surface area is 186 Å². The maximum atomic E-state index is 13.1. The van der Waals surface area contributed by atoms with Crippen LogP contribution in [0.15, 0.2) is 41.6 Å². The number of hydrazone groups is 1. The first kappa shape index (κ1) is 26.9. The molecule has 0 radical (unpaired) electrons. The minimum absolute atomic E-state index is 0.0160. The molecule has 3 rings (SSSR count). The van der Waals surface area contributed by atoms with E-state index in [0.717, 1.165) is 24.5 Å². The van der Waals surface area contributed by atoms with E-state index in [2.05, 4.69) is 25.6 Å². The third-order valence-corrected chi connectivity index (χ3v) is 4.08. The Balaban J connectivity index is 0.000000819. The van der Waals surface area contributed by atoms with Crippen molar-refractivity contribution in [1.82, 2.24) is 10.4 Å². The van der Waals surface area contributed by atoms with Crippen LogP contribution in [-0.4, -0.2) is 46.9 Å². The Kier molecular flexibility index (Phi) is 10.3. The predicted octanol–water partition coefficient (Wildman–Crippen LogP) is 3.11. The zero-order chi connectivity index (χ0) is 25.0. The highest BCUT2D eigenvalue weighted by molar-refractivity contribution is 6.05. The van der Waals surface area contributed by atoms with Gasteiger partial charge in [0.25, 0.3) is 12.9 Å². The van der Waals surface area contributed by atoms with Crippen molar-refractivity contribution in [3.8, 4) is 5.88 Å². The van der Waals surface area contributed by atoms with Gasteiger partial charge in [-0.3, -0.25) is 14.4 Å².